The Morgan fingerprint density at radius 2 is 1.67 bits per heavy atom. The van der Waals surface area contributed by atoms with Crippen LogP contribution in [0.2, 0.25) is 0 Å². The summed E-state index contributed by atoms with van der Waals surface area (Å²) in [4.78, 5) is 0. The van der Waals surface area contributed by atoms with E-state index in [2.05, 4.69) is 38.1 Å². The third-order valence-corrected chi connectivity index (χ3v) is 3.71. The van der Waals surface area contributed by atoms with E-state index in [1.165, 1.54) is 5.56 Å². The van der Waals surface area contributed by atoms with Gasteiger partial charge in [-0.15, -0.1) is 0 Å². The lowest BCUT2D eigenvalue weighted by atomic mass is 10.0. The molecular formula is C19H24O2. The number of ether oxygens (including phenoxy) is 1. The van der Waals surface area contributed by atoms with E-state index in [1.807, 2.05) is 31.2 Å². The second-order valence-electron chi connectivity index (χ2n) is 5.65. The van der Waals surface area contributed by atoms with E-state index in [0.717, 1.165) is 16.9 Å². The fraction of sp³-hybridized carbons (Fsp3) is 0.368. The summed E-state index contributed by atoms with van der Waals surface area (Å²) in [6, 6.07) is 16.2. The van der Waals surface area contributed by atoms with Crippen molar-refractivity contribution < 1.29 is 9.84 Å². The summed E-state index contributed by atoms with van der Waals surface area (Å²) in [5.41, 5.74) is 3.33. The Bertz CT molecular complexity index is 558. The van der Waals surface area contributed by atoms with Gasteiger partial charge >= 0.3 is 0 Å². The van der Waals surface area contributed by atoms with Gasteiger partial charge in [0.1, 0.15) is 12.4 Å². The maximum absolute atomic E-state index is 10.0. The van der Waals surface area contributed by atoms with Crippen LogP contribution in [0.3, 0.4) is 0 Å². The van der Waals surface area contributed by atoms with E-state index in [-0.39, 0.29) is 0 Å². The highest BCUT2D eigenvalue weighted by Crippen LogP contribution is 2.27. The van der Waals surface area contributed by atoms with E-state index in [0.29, 0.717) is 18.9 Å². The van der Waals surface area contributed by atoms with Gasteiger partial charge in [0.05, 0.1) is 6.10 Å². The van der Waals surface area contributed by atoms with Crippen molar-refractivity contribution in [2.24, 2.45) is 0 Å². The number of aliphatic hydroxyl groups is 1. The number of hydrogen-bond donors (Lipinski definition) is 1. The number of para-hydroxylation sites is 1. The summed E-state index contributed by atoms with van der Waals surface area (Å²) in [6.07, 6.45) is 0.216. The fourth-order valence-corrected chi connectivity index (χ4v) is 2.27. The van der Waals surface area contributed by atoms with E-state index < -0.39 is 6.10 Å². The van der Waals surface area contributed by atoms with Crippen molar-refractivity contribution in [3.63, 3.8) is 0 Å². The average Bonchev–Trinajstić information content (AvgIpc) is 2.52. The first-order chi connectivity index (χ1) is 10.1. The fourth-order valence-electron chi connectivity index (χ4n) is 2.27. The molecule has 0 aliphatic rings. The molecule has 2 aromatic rings. The normalized spacial score (nSPS) is 12.4. The third kappa shape index (κ3) is 4.08. The first-order valence-electron chi connectivity index (χ1n) is 7.60. The minimum absolute atomic E-state index is 0.468. The summed E-state index contributed by atoms with van der Waals surface area (Å²) >= 11 is 0. The van der Waals surface area contributed by atoms with Crippen LogP contribution in [0.1, 0.15) is 55.9 Å². The quantitative estimate of drug-likeness (QED) is 0.823. The molecule has 0 spiro atoms. The summed E-state index contributed by atoms with van der Waals surface area (Å²) in [7, 11) is 0. The maximum atomic E-state index is 10.0. The van der Waals surface area contributed by atoms with E-state index >= 15 is 0 Å². The first kappa shape index (κ1) is 15.6. The highest BCUT2D eigenvalue weighted by atomic mass is 16.5. The minimum Gasteiger partial charge on any atom is -0.489 e. The minimum atomic E-state index is -0.468. The summed E-state index contributed by atoms with van der Waals surface area (Å²) < 4.78 is 5.89. The Hall–Kier alpha value is -1.80. The standard InChI is InChI=1S/C19H24O2/c1-4-18(20)17-7-5-6-8-19(17)21-13-15-9-11-16(12-10-15)14(2)3/h5-12,14,18,20H,4,13H2,1-3H3/t18-/m0/s1. The molecule has 0 radical (unpaired) electrons. The molecule has 0 saturated carbocycles. The van der Waals surface area contributed by atoms with Crippen LogP contribution in [0.4, 0.5) is 0 Å². The molecule has 0 fully saturated rings. The Morgan fingerprint density at radius 1 is 1.00 bits per heavy atom. The lowest BCUT2D eigenvalue weighted by Crippen LogP contribution is -2.02. The van der Waals surface area contributed by atoms with Gasteiger partial charge in [-0.3, -0.25) is 0 Å². The van der Waals surface area contributed by atoms with Gasteiger partial charge in [0.2, 0.25) is 0 Å². The summed E-state index contributed by atoms with van der Waals surface area (Å²) in [6.45, 7) is 6.86. The average molecular weight is 284 g/mol. The molecule has 2 aromatic carbocycles. The van der Waals surface area contributed by atoms with Crippen molar-refractivity contribution >= 4 is 0 Å². The molecule has 0 aromatic heterocycles. The lowest BCUT2D eigenvalue weighted by molar-refractivity contribution is 0.166. The SMILES string of the molecule is CC[C@H](O)c1ccccc1OCc1ccc(C(C)C)cc1. The van der Waals surface area contributed by atoms with Crippen molar-refractivity contribution in [2.45, 2.75) is 45.8 Å². The number of benzene rings is 2. The van der Waals surface area contributed by atoms with Crippen molar-refractivity contribution in [3.05, 3.63) is 65.2 Å². The zero-order valence-electron chi connectivity index (χ0n) is 13.0. The van der Waals surface area contributed by atoms with Crippen LogP contribution in [0.15, 0.2) is 48.5 Å². The Kier molecular flexibility index (Phi) is 5.40. The van der Waals surface area contributed by atoms with Gasteiger partial charge in [0.25, 0.3) is 0 Å². The molecule has 0 aliphatic carbocycles. The molecule has 0 heterocycles. The van der Waals surface area contributed by atoms with Gasteiger partial charge in [0, 0.05) is 5.56 Å². The van der Waals surface area contributed by atoms with Crippen molar-refractivity contribution in [2.75, 3.05) is 0 Å². The van der Waals surface area contributed by atoms with Gasteiger partial charge < -0.3 is 9.84 Å². The molecule has 21 heavy (non-hydrogen) atoms. The molecule has 0 unspecified atom stereocenters. The Balaban J connectivity index is 2.06. The molecule has 0 saturated heterocycles. The van der Waals surface area contributed by atoms with Crippen LogP contribution < -0.4 is 4.74 Å². The second-order valence-corrected chi connectivity index (χ2v) is 5.65. The Morgan fingerprint density at radius 3 is 2.29 bits per heavy atom. The highest BCUT2D eigenvalue weighted by Gasteiger charge is 2.11. The molecule has 2 rings (SSSR count). The Labute approximate surface area is 127 Å². The lowest BCUT2D eigenvalue weighted by Gasteiger charge is -2.15. The van der Waals surface area contributed by atoms with Gasteiger partial charge in [-0.05, 0) is 29.5 Å². The molecule has 1 atom stereocenters. The molecule has 0 aliphatic heterocycles. The molecule has 2 heteroatoms. The first-order valence-corrected chi connectivity index (χ1v) is 7.60. The molecule has 2 nitrogen and oxygen atoms in total. The van der Waals surface area contributed by atoms with E-state index in [4.69, 9.17) is 4.74 Å². The molecule has 112 valence electrons. The second kappa shape index (κ2) is 7.28. The molecule has 0 bridgehead atoms. The van der Waals surface area contributed by atoms with Crippen molar-refractivity contribution in [1.82, 2.24) is 0 Å². The van der Waals surface area contributed by atoms with Crippen molar-refractivity contribution in [1.29, 1.82) is 0 Å². The predicted molar refractivity (Wildman–Crippen MR) is 86.6 cm³/mol. The van der Waals surface area contributed by atoms with Gasteiger partial charge in [-0.1, -0.05) is 63.2 Å². The predicted octanol–water partition coefficient (Wildman–Crippen LogP) is 4.83. The number of aliphatic hydroxyl groups excluding tert-OH is 1. The van der Waals surface area contributed by atoms with Crippen LogP contribution >= 0.6 is 0 Å². The maximum Gasteiger partial charge on any atom is 0.125 e. The number of rotatable bonds is 6. The monoisotopic (exact) mass is 284 g/mol. The van der Waals surface area contributed by atoms with Crippen LogP contribution in [0, 0.1) is 0 Å². The van der Waals surface area contributed by atoms with Crippen LogP contribution in [-0.4, -0.2) is 5.11 Å². The van der Waals surface area contributed by atoms with Gasteiger partial charge in [-0.2, -0.15) is 0 Å². The number of hydrogen-bond acceptors (Lipinski definition) is 2. The zero-order valence-corrected chi connectivity index (χ0v) is 13.0. The molecule has 1 N–H and O–H groups in total. The zero-order chi connectivity index (χ0) is 15.2. The van der Waals surface area contributed by atoms with Gasteiger partial charge in [-0.25, -0.2) is 0 Å². The summed E-state index contributed by atoms with van der Waals surface area (Å²) in [5, 5.41) is 10.0. The van der Waals surface area contributed by atoms with Crippen LogP contribution in [-0.2, 0) is 6.61 Å². The molecular weight excluding hydrogens is 260 g/mol. The smallest absolute Gasteiger partial charge is 0.125 e. The summed E-state index contributed by atoms with van der Waals surface area (Å²) in [5.74, 6) is 1.31. The van der Waals surface area contributed by atoms with Gasteiger partial charge in [0.15, 0.2) is 0 Å². The van der Waals surface area contributed by atoms with Crippen LogP contribution in [0.5, 0.6) is 5.75 Å². The topological polar surface area (TPSA) is 29.5 Å². The van der Waals surface area contributed by atoms with Crippen molar-refractivity contribution in [3.8, 4) is 5.75 Å². The van der Waals surface area contributed by atoms with E-state index in [9.17, 15) is 5.11 Å². The largest absolute Gasteiger partial charge is 0.489 e. The third-order valence-electron chi connectivity index (χ3n) is 3.71. The molecule has 0 amide bonds. The van der Waals surface area contributed by atoms with Crippen LogP contribution in [0.25, 0.3) is 0 Å². The van der Waals surface area contributed by atoms with E-state index in [1.54, 1.807) is 0 Å². The highest BCUT2D eigenvalue weighted by molar-refractivity contribution is 5.35.